The normalized spacial score (nSPS) is 25.2. The average molecular weight is 208 g/mol. The van der Waals surface area contributed by atoms with Gasteiger partial charge < -0.3 is 4.90 Å². The summed E-state index contributed by atoms with van der Waals surface area (Å²) in [7, 11) is 0. The highest BCUT2D eigenvalue weighted by atomic mass is 35.5. The first-order valence-corrected chi connectivity index (χ1v) is 6.08. The largest absolute Gasteiger partial charge is 0.301 e. The molecule has 0 atom stereocenters. The van der Waals surface area contributed by atoms with Crippen LogP contribution in [0.4, 0.5) is 0 Å². The van der Waals surface area contributed by atoms with E-state index in [1.807, 2.05) is 0 Å². The Morgan fingerprint density at radius 2 is 2.17 bits per heavy atom. The second-order valence-electron chi connectivity index (χ2n) is 3.89. The lowest BCUT2D eigenvalue weighted by atomic mass is 10.1. The zero-order valence-electron chi connectivity index (χ0n) is 7.98. The van der Waals surface area contributed by atoms with Crippen LogP contribution in [0.15, 0.2) is 0 Å². The molecular formula is C9H18ClNS. The zero-order valence-corrected chi connectivity index (χ0v) is 9.55. The Bertz CT molecular complexity index is 138. The Morgan fingerprint density at radius 1 is 1.42 bits per heavy atom. The van der Waals surface area contributed by atoms with Crippen molar-refractivity contribution in [1.29, 1.82) is 0 Å². The van der Waals surface area contributed by atoms with Gasteiger partial charge in [0.25, 0.3) is 0 Å². The number of hydrogen-bond acceptors (Lipinski definition) is 2. The molecule has 1 saturated heterocycles. The Kier molecular flexibility index (Phi) is 4.21. The fourth-order valence-corrected chi connectivity index (χ4v) is 2.78. The van der Waals surface area contributed by atoms with Gasteiger partial charge in [0, 0.05) is 29.5 Å². The second kappa shape index (κ2) is 4.73. The van der Waals surface area contributed by atoms with Crippen LogP contribution in [-0.4, -0.2) is 40.9 Å². The van der Waals surface area contributed by atoms with Gasteiger partial charge in [0.15, 0.2) is 0 Å². The Balaban J connectivity index is 2.34. The fraction of sp³-hybridized carbons (Fsp3) is 1.00. The molecule has 0 amide bonds. The van der Waals surface area contributed by atoms with Crippen LogP contribution in [0.5, 0.6) is 0 Å². The molecule has 3 heteroatoms. The van der Waals surface area contributed by atoms with Gasteiger partial charge in [0.2, 0.25) is 0 Å². The van der Waals surface area contributed by atoms with Gasteiger partial charge >= 0.3 is 0 Å². The summed E-state index contributed by atoms with van der Waals surface area (Å²) < 4.78 is 0.473. The topological polar surface area (TPSA) is 3.24 Å². The van der Waals surface area contributed by atoms with Gasteiger partial charge in [-0.15, -0.1) is 11.6 Å². The summed E-state index contributed by atoms with van der Waals surface area (Å²) in [5.41, 5.74) is 0. The highest BCUT2D eigenvalue weighted by Gasteiger charge is 2.22. The Morgan fingerprint density at radius 3 is 2.83 bits per heavy atom. The molecule has 0 aromatic carbocycles. The van der Waals surface area contributed by atoms with Crippen molar-refractivity contribution in [3.05, 3.63) is 0 Å². The molecule has 0 unspecified atom stereocenters. The first-order valence-electron chi connectivity index (χ1n) is 4.56. The number of rotatable bonds is 2. The number of nitrogens with zero attached hydrogens (tertiary/aromatic N) is 1. The van der Waals surface area contributed by atoms with E-state index in [1.54, 1.807) is 0 Å². The summed E-state index contributed by atoms with van der Waals surface area (Å²) in [6.45, 7) is 8.15. The van der Waals surface area contributed by atoms with E-state index in [1.165, 1.54) is 25.3 Å². The summed E-state index contributed by atoms with van der Waals surface area (Å²) >= 11 is 7.80. The first-order chi connectivity index (χ1) is 5.64. The van der Waals surface area contributed by atoms with E-state index in [2.05, 4.69) is 30.5 Å². The monoisotopic (exact) mass is 207 g/mol. The molecule has 0 bridgehead atoms. The molecule has 1 nitrogen and oxygen atoms in total. The zero-order chi connectivity index (χ0) is 9.03. The SMILES string of the molecule is CC1(C)CCN(CCCl)CCS1. The minimum Gasteiger partial charge on any atom is -0.301 e. The lowest BCUT2D eigenvalue weighted by molar-refractivity contribution is 0.301. The van der Waals surface area contributed by atoms with Gasteiger partial charge in [-0.2, -0.15) is 11.8 Å². The predicted octanol–water partition coefficient (Wildman–Crippen LogP) is 2.44. The van der Waals surface area contributed by atoms with Crippen molar-refractivity contribution in [2.75, 3.05) is 31.3 Å². The lowest BCUT2D eigenvalue weighted by Gasteiger charge is -2.21. The highest BCUT2D eigenvalue weighted by molar-refractivity contribution is 8.00. The lowest BCUT2D eigenvalue weighted by Crippen LogP contribution is -2.28. The van der Waals surface area contributed by atoms with E-state index >= 15 is 0 Å². The second-order valence-corrected chi connectivity index (χ2v) is 6.07. The maximum absolute atomic E-state index is 5.71. The van der Waals surface area contributed by atoms with Gasteiger partial charge in [0.05, 0.1) is 0 Å². The van der Waals surface area contributed by atoms with E-state index < -0.39 is 0 Å². The summed E-state index contributed by atoms with van der Waals surface area (Å²) in [6.07, 6.45) is 1.29. The molecular weight excluding hydrogens is 190 g/mol. The maximum atomic E-state index is 5.71. The molecule has 0 aliphatic carbocycles. The molecule has 0 N–H and O–H groups in total. The van der Waals surface area contributed by atoms with Crippen LogP contribution in [0, 0.1) is 0 Å². The van der Waals surface area contributed by atoms with Gasteiger partial charge in [-0.3, -0.25) is 0 Å². The predicted molar refractivity (Wildman–Crippen MR) is 58.3 cm³/mol. The van der Waals surface area contributed by atoms with Crippen molar-refractivity contribution in [2.24, 2.45) is 0 Å². The third kappa shape index (κ3) is 3.55. The molecule has 1 heterocycles. The maximum Gasteiger partial charge on any atom is 0.0351 e. The van der Waals surface area contributed by atoms with Crippen molar-refractivity contribution in [2.45, 2.75) is 25.0 Å². The van der Waals surface area contributed by atoms with Gasteiger partial charge in [0.1, 0.15) is 0 Å². The van der Waals surface area contributed by atoms with Crippen LogP contribution in [0.25, 0.3) is 0 Å². The summed E-state index contributed by atoms with van der Waals surface area (Å²) in [6, 6.07) is 0. The van der Waals surface area contributed by atoms with Crippen LogP contribution >= 0.6 is 23.4 Å². The molecule has 1 aliphatic rings. The molecule has 0 aromatic rings. The van der Waals surface area contributed by atoms with Gasteiger partial charge in [-0.1, -0.05) is 13.8 Å². The summed E-state index contributed by atoms with van der Waals surface area (Å²) in [5, 5.41) is 0. The summed E-state index contributed by atoms with van der Waals surface area (Å²) in [5.74, 6) is 2.02. The third-order valence-electron chi connectivity index (χ3n) is 2.33. The minimum absolute atomic E-state index is 0.473. The molecule has 0 aromatic heterocycles. The smallest absolute Gasteiger partial charge is 0.0351 e. The van der Waals surface area contributed by atoms with Crippen LogP contribution in [0.1, 0.15) is 20.3 Å². The van der Waals surface area contributed by atoms with Crippen LogP contribution in [0.2, 0.25) is 0 Å². The Hall–Kier alpha value is 0.600. The van der Waals surface area contributed by atoms with E-state index in [-0.39, 0.29) is 0 Å². The van der Waals surface area contributed by atoms with Gasteiger partial charge in [-0.25, -0.2) is 0 Å². The van der Waals surface area contributed by atoms with E-state index in [4.69, 9.17) is 11.6 Å². The number of halogens is 1. The highest BCUT2D eigenvalue weighted by Crippen LogP contribution is 2.30. The van der Waals surface area contributed by atoms with Crippen molar-refractivity contribution in [1.82, 2.24) is 4.90 Å². The van der Waals surface area contributed by atoms with E-state index in [0.717, 1.165) is 12.4 Å². The summed E-state index contributed by atoms with van der Waals surface area (Å²) in [4.78, 5) is 2.47. The average Bonchev–Trinajstić information content (AvgIpc) is 2.14. The van der Waals surface area contributed by atoms with Crippen LogP contribution < -0.4 is 0 Å². The molecule has 1 rings (SSSR count). The van der Waals surface area contributed by atoms with Crippen molar-refractivity contribution < 1.29 is 0 Å². The quantitative estimate of drug-likeness (QED) is 0.640. The molecule has 0 spiro atoms. The van der Waals surface area contributed by atoms with Crippen molar-refractivity contribution in [3.63, 3.8) is 0 Å². The fourth-order valence-electron chi connectivity index (χ4n) is 1.41. The standard InChI is InChI=1S/C9H18ClNS/c1-9(2)3-5-11(6-4-10)7-8-12-9/h3-8H2,1-2H3. The molecule has 12 heavy (non-hydrogen) atoms. The molecule has 1 fully saturated rings. The van der Waals surface area contributed by atoms with Crippen LogP contribution in [0.3, 0.4) is 0 Å². The molecule has 72 valence electrons. The van der Waals surface area contributed by atoms with Crippen LogP contribution in [-0.2, 0) is 0 Å². The third-order valence-corrected chi connectivity index (χ3v) is 3.87. The van der Waals surface area contributed by atoms with E-state index in [9.17, 15) is 0 Å². The van der Waals surface area contributed by atoms with Crippen molar-refractivity contribution >= 4 is 23.4 Å². The molecule has 0 radical (unpaired) electrons. The Labute approximate surface area is 84.8 Å². The number of hydrogen-bond donors (Lipinski definition) is 0. The van der Waals surface area contributed by atoms with E-state index in [0.29, 0.717) is 4.75 Å². The number of alkyl halides is 1. The molecule has 1 aliphatic heterocycles. The minimum atomic E-state index is 0.473. The molecule has 0 saturated carbocycles. The first kappa shape index (κ1) is 10.7. The van der Waals surface area contributed by atoms with Crippen molar-refractivity contribution in [3.8, 4) is 0 Å². The van der Waals surface area contributed by atoms with Gasteiger partial charge in [-0.05, 0) is 13.0 Å². The number of thioether (sulfide) groups is 1.